The van der Waals surface area contributed by atoms with Gasteiger partial charge in [0.25, 0.3) is 0 Å². The monoisotopic (exact) mass is 477 g/mol. The summed E-state index contributed by atoms with van der Waals surface area (Å²) in [7, 11) is 1.94. The summed E-state index contributed by atoms with van der Waals surface area (Å²) in [5.74, 6) is 2.86. The van der Waals surface area contributed by atoms with Crippen LogP contribution in [0.3, 0.4) is 0 Å². The average Bonchev–Trinajstić information content (AvgIpc) is 3.32. The molecule has 0 amide bonds. The smallest absolute Gasteiger partial charge is 0.193 e. The van der Waals surface area contributed by atoms with E-state index in [1.807, 2.05) is 7.05 Å². The van der Waals surface area contributed by atoms with Gasteiger partial charge in [-0.25, -0.2) is 0 Å². The first kappa shape index (κ1) is 22.2. The minimum absolute atomic E-state index is 0. The van der Waals surface area contributed by atoms with Gasteiger partial charge < -0.3 is 20.0 Å². The lowest BCUT2D eigenvalue weighted by atomic mass is 9.93. The van der Waals surface area contributed by atoms with E-state index >= 15 is 0 Å². The van der Waals surface area contributed by atoms with Crippen molar-refractivity contribution in [1.29, 1.82) is 0 Å². The van der Waals surface area contributed by atoms with E-state index < -0.39 is 0 Å². The predicted octanol–water partition coefficient (Wildman–Crippen LogP) is 2.72. The maximum Gasteiger partial charge on any atom is 0.193 e. The van der Waals surface area contributed by atoms with Crippen LogP contribution in [0.1, 0.15) is 45.4 Å². The van der Waals surface area contributed by atoms with Gasteiger partial charge in [-0.3, -0.25) is 4.99 Å². The van der Waals surface area contributed by atoms with Crippen LogP contribution in [0, 0.1) is 11.8 Å². The molecular formula is C20H40IN5. The van der Waals surface area contributed by atoms with Crippen LogP contribution in [0.25, 0.3) is 0 Å². The molecule has 0 aliphatic carbocycles. The second-order valence-corrected chi connectivity index (χ2v) is 8.25. The molecule has 3 rings (SSSR count). The largest absolute Gasteiger partial charge is 0.356 e. The number of aliphatic imine (C=N–C) groups is 1. The number of piperidine rings is 1. The Balaban J connectivity index is 0.00000243. The minimum atomic E-state index is 0. The van der Waals surface area contributed by atoms with E-state index in [9.17, 15) is 0 Å². The van der Waals surface area contributed by atoms with Crippen molar-refractivity contribution in [3.05, 3.63) is 0 Å². The van der Waals surface area contributed by atoms with Crippen LogP contribution < -0.4 is 5.32 Å². The molecule has 0 spiro atoms. The Kier molecular flexibility index (Phi) is 9.99. The van der Waals surface area contributed by atoms with E-state index in [-0.39, 0.29) is 24.0 Å². The molecule has 3 aliphatic heterocycles. The Morgan fingerprint density at radius 2 is 1.65 bits per heavy atom. The van der Waals surface area contributed by atoms with E-state index in [0.29, 0.717) is 0 Å². The second-order valence-electron chi connectivity index (χ2n) is 8.25. The van der Waals surface area contributed by atoms with Gasteiger partial charge in [0.1, 0.15) is 0 Å². The number of nitrogens with one attached hydrogen (secondary N) is 1. The first-order valence-electron chi connectivity index (χ1n) is 10.7. The number of guanidine groups is 1. The van der Waals surface area contributed by atoms with Crippen molar-refractivity contribution in [3.8, 4) is 0 Å². The SMILES string of the molecule is CCN1CCC(CCNC(=NC)N2CCC(CN3CCCC3)C2)CC1.I. The van der Waals surface area contributed by atoms with Gasteiger partial charge in [0.2, 0.25) is 0 Å². The van der Waals surface area contributed by atoms with Gasteiger partial charge in [-0.15, -0.1) is 24.0 Å². The Labute approximate surface area is 178 Å². The normalized spacial score (nSPS) is 26.3. The molecular weight excluding hydrogens is 437 g/mol. The summed E-state index contributed by atoms with van der Waals surface area (Å²) in [6.45, 7) is 13.4. The van der Waals surface area contributed by atoms with Crippen molar-refractivity contribution >= 4 is 29.9 Å². The molecule has 6 heteroatoms. The summed E-state index contributed by atoms with van der Waals surface area (Å²) < 4.78 is 0. The first-order chi connectivity index (χ1) is 12.3. The van der Waals surface area contributed by atoms with Crippen molar-refractivity contribution in [2.75, 3.05) is 66.0 Å². The summed E-state index contributed by atoms with van der Waals surface area (Å²) in [4.78, 5) is 12.3. The van der Waals surface area contributed by atoms with E-state index in [2.05, 4.69) is 31.9 Å². The standard InChI is InChI=1S/C20H39N5.HI/c1-3-23-13-7-18(8-14-23)6-10-22-20(21-2)25-15-9-19(17-25)16-24-11-4-5-12-24;/h18-19H,3-17H2,1-2H3,(H,21,22);1H. The summed E-state index contributed by atoms with van der Waals surface area (Å²) >= 11 is 0. The van der Waals surface area contributed by atoms with Crippen molar-refractivity contribution in [2.24, 2.45) is 16.8 Å². The van der Waals surface area contributed by atoms with Crippen molar-refractivity contribution in [1.82, 2.24) is 20.0 Å². The fraction of sp³-hybridized carbons (Fsp3) is 0.950. The molecule has 0 aromatic carbocycles. The molecule has 3 aliphatic rings. The van der Waals surface area contributed by atoms with Crippen LogP contribution >= 0.6 is 24.0 Å². The molecule has 0 aromatic rings. The van der Waals surface area contributed by atoms with Crippen LogP contribution in [0.4, 0.5) is 0 Å². The zero-order valence-electron chi connectivity index (χ0n) is 17.0. The lowest BCUT2D eigenvalue weighted by Crippen LogP contribution is -2.42. The molecule has 1 N–H and O–H groups in total. The van der Waals surface area contributed by atoms with Gasteiger partial charge in [-0.1, -0.05) is 6.92 Å². The Bertz CT molecular complexity index is 416. The average molecular weight is 477 g/mol. The highest BCUT2D eigenvalue weighted by atomic mass is 127. The molecule has 1 atom stereocenters. The van der Waals surface area contributed by atoms with Crippen LogP contribution in [-0.2, 0) is 0 Å². The molecule has 26 heavy (non-hydrogen) atoms. The lowest BCUT2D eigenvalue weighted by Gasteiger charge is -2.31. The van der Waals surface area contributed by atoms with Crippen LogP contribution in [0.2, 0.25) is 0 Å². The third kappa shape index (κ3) is 6.51. The van der Waals surface area contributed by atoms with E-state index in [0.717, 1.165) is 24.3 Å². The Morgan fingerprint density at radius 1 is 0.962 bits per heavy atom. The zero-order chi connectivity index (χ0) is 17.5. The summed E-state index contributed by atoms with van der Waals surface area (Å²) in [6, 6.07) is 0. The van der Waals surface area contributed by atoms with E-state index in [1.165, 1.54) is 90.9 Å². The third-order valence-electron chi connectivity index (χ3n) is 6.50. The van der Waals surface area contributed by atoms with Crippen molar-refractivity contribution in [2.45, 2.75) is 45.4 Å². The number of halogens is 1. The van der Waals surface area contributed by atoms with E-state index in [1.54, 1.807) is 0 Å². The van der Waals surface area contributed by atoms with Crippen molar-refractivity contribution in [3.63, 3.8) is 0 Å². The maximum absolute atomic E-state index is 4.55. The van der Waals surface area contributed by atoms with Crippen LogP contribution in [0.15, 0.2) is 4.99 Å². The van der Waals surface area contributed by atoms with Gasteiger partial charge in [-0.05, 0) is 83.1 Å². The van der Waals surface area contributed by atoms with Gasteiger partial charge in [0, 0.05) is 33.2 Å². The highest BCUT2D eigenvalue weighted by Crippen LogP contribution is 2.21. The van der Waals surface area contributed by atoms with Gasteiger partial charge in [0.05, 0.1) is 0 Å². The molecule has 3 saturated heterocycles. The highest BCUT2D eigenvalue weighted by Gasteiger charge is 2.27. The molecule has 3 fully saturated rings. The molecule has 5 nitrogen and oxygen atoms in total. The third-order valence-corrected chi connectivity index (χ3v) is 6.50. The number of rotatable bonds is 6. The topological polar surface area (TPSA) is 34.1 Å². The zero-order valence-corrected chi connectivity index (χ0v) is 19.3. The Morgan fingerprint density at radius 3 is 2.31 bits per heavy atom. The quantitative estimate of drug-likeness (QED) is 0.363. The number of nitrogens with zero attached hydrogens (tertiary/aromatic N) is 4. The lowest BCUT2D eigenvalue weighted by molar-refractivity contribution is 0.187. The first-order valence-corrected chi connectivity index (χ1v) is 10.7. The number of hydrogen-bond donors (Lipinski definition) is 1. The van der Waals surface area contributed by atoms with Crippen molar-refractivity contribution < 1.29 is 0 Å². The molecule has 0 bridgehead atoms. The molecule has 0 radical (unpaired) electrons. The van der Waals surface area contributed by atoms with Crippen LogP contribution in [-0.4, -0.2) is 86.6 Å². The highest BCUT2D eigenvalue weighted by molar-refractivity contribution is 14.0. The summed E-state index contributed by atoms with van der Waals surface area (Å²) in [6.07, 6.45) is 8.16. The molecule has 0 aromatic heterocycles. The van der Waals surface area contributed by atoms with Gasteiger partial charge in [0.15, 0.2) is 5.96 Å². The molecule has 152 valence electrons. The summed E-state index contributed by atoms with van der Waals surface area (Å²) in [5.41, 5.74) is 0. The minimum Gasteiger partial charge on any atom is -0.356 e. The second kappa shape index (κ2) is 11.7. The van der Waals surface area contributed by atoms with Crippen LogP contribution in [0.5, 0.6) is 0 Å². The maximum atomic E-state index is 4.55. The molecule has 3 heterocycles. The number of hydrogen-bond acceptors (Lipinski definition) is 3. The van der Waals surface area contributed by atoms with E-state index in [4.69, 9.17) is 0 Å². The summed E-state index contributed by atoms with van der Waals surface area (Å²) in [5, 5.41) is 3.65. The molecule has 0 saturated carbocycles. The number of likely N-dealkylation sites (tertiary alicyclic amines) is 3. The fourth-order valence-electron chi connectivity index (χ4n) is 4.82. The van der Waals surface area contributed by atoms with Gasteiger partial charge >= 0.3 is 0 Å². The fourth-order valence-corrected chi connectivity index (χ4v) is 4.82. The molecule has 1 unspecified atom stereocenters. The predicted molar refractivity (Wildman–Crippen MR) is 122 cm³/mol. The van der Waals surface area contributed by atoms with Gasteiger partial charge in [-0.2, -0.15) is 0 Å². The Hall–Kier alpha value is -0.0800.